The minimum atomic E-state index is -0.237. The number of carbonyl (C=O) groups is 1. The van der Waals surface area contributed by atoms with Gasteiger partial charge in [0.15, 0.2) is 0 Å². The summed E-state index contributed by atoms with van der Waals surface area (Å²) in [6.45, 7) is 0. The molecule has 3 rings (SSSR count). The first-order valence-electron chi connectivity index (χ1n) is 7.17. The molecule has 0 unspecified atom stereocenters. The van der Waals surface area contributed by atoms with E-state index in [1.54, 1.807) is 12.1 Å². The van der Waals surface area contributed by atoms with Crippen molar-refractivity contribution in [2.45, 2.75) is 37.3 Å². The number of methoxy groups -OCH3 is 1. The van der Waals surface area contributed by atoms with Crippen LogP contribution in [0.5, 0.6) is 0 Å². The third kappa shape index (κ3) is 2.12. The molecule has 2 heterocycles. The van der Waals surface area contributed by atoms with Gasteiger partial charge in [0.2, 0.25) is 0 Å². The van der Waals surface area contributed by atoms with E-state index in [0.717, 1.165) is 24.8 Å². The molecule has 2 saturated heterocycles. The Morgan fingerprint density at radius 2 is 2.00 bits per heavy atom. The van der Waals surface area contributed by atoms with Gasteiger partial charge in [-0.2, -0.15) is 0 Å². The molecule has 0 radical (unpaired) electrons. The van der Waals surface area contributed by atoms with E-state index < -0.39 is 0 Å². The van der Waals surface area contributed by atoms with Gasteiger partial charge in [-0.15, -0.1) is 0 Å². The van der Waals surface area contributed by atoms with Crippen molar-refractivity contribution < 1.29 is 13.9 Å². The first-order chi connectivity index (χ1) is 9.61. The number of carbonyl (C=O) groups excluding carboxylic acids is 1. The van der Waals surface area contributed by atoms with E-state index in [1.807, 2.05) is 0 Å². The van der Waals surface area contributed by atoms with Crippen molar-refractivity contribution in [2.75, 3.05) is 14.2 Å². The van der Waals surface area contributed by atoms with E-state index in [4.69, 9.17) is 4.74 Å². The Morgan fingerprint density at radius 3 is 2.65 bits per heavy atom. The second-order valence-electron chi connectivity index (χ2n) is 5.91. The Balaban J connectivity index is 1.95. The molecule has 0 saturated carbocycles. The molecule has 2 bridgehead atoms. The highest BCUT2D eigenvalue weighted by atomic mass is 19.1. The van der Waals surface area contributed by atoms with E-state index in [9.17, 15) is 9.18 Å². The SMILES string of the molecule is COC(=O)[C@@H]1[C@H]2CC[C@@H](C[C@H]1c1ccc(F)cc1)N2C. The smallest absolute Gasteiger partial charge is 0.310 e. The van der Waals surface area contributed by atoms with E-state index in [0.29, 0.717) is 6.04 Å². The second-order valence-corrected chi connectivity index (χ2v) is 5.91. The molecule has 0 aromatic heterocycles. The van der Waals surface area contributed by atoms with E-state index in [-0.39, 0.29) is 29.7 Å². The van der Waals surface area contributed by atoms with Crippen LogP contribution in [0.3, 0.4) is 0 Å². The number of benzene rings is 1. The molecule has 1 aromatic carbocycles. The van der Waals surface area contributed by atoms with Crippen LogP contribution in [0.1, 0.15) is 30.7 Å². The Morgan fingerprint density at radius 1 is 1.30 bits per heavy atom. The van der Waals surface area contributed by atoms with Crippen LogP contribution in [0.25, 0.3) is 0 Å². The van der Waals surface area contributed by atoms with Gasteiger partial charge in [0.25, 0.3) is 0 Å². The molecular weight excluding hydrogens is 257 g/mol. The van der Waals surface area contributed by atoms with Crippen molar-refractivity contribution in [3.8, 4) is 0 Å². The summed E-state index contributed by atoms with van der Waals surface area (Å²) in [6.07, 6.45) is 3.11. The Labute approximate surface area is 118 Å². The highest BCUT2D eigenvalue weighted by molar-refractivity contribution is 5.75. The molecule has 0 amide bonds. The number of esters is 1. The van der Waals surface area contributed by atoms with Gasteiger partial charge in [0.1, 0.15) is 5.82 Å². The summed E-state index contributed by atoms with van der Waals surface area (Å²) in [6, 6.07) is 7.34. The van der Waals surface area contributed by atoms with Gasteiger partial charge in [0, 0.05) is 18.0 Å². The van der Waals surface area contributed by atoms with Gasteiger partial charge in [-0.1, -0.05) is 12.1 Å². The maximum atomic E-state index is 13.1. The molecule has 0 spiro atoms. The lowest BCUT2D eigenvalue weighted by atomic mass is 9.76. The fraction of sp³-hybridized carbons (Fsp3) is 0.562. The number of piperidine rings is 1. The first-order valence-corrected chi connectivity index (χ1v) is 7.17. The van der Waals surface area contributed by atoms with Crippen LogP contribution in [0.15, 0.2) is 24.3 Å². The van der Waals surface area contributed by atoms with Crippen molar-refractivity contribution >= 4 is 5.97 Å². The molecule has 0 aliphatic carbocycles. The molecule has 2 aliphatic heterocycles. The molecule has 4 atom stereocenters. The fourth-order valence-electron chi connectivity index (χ4n) is 3.98. The molecule has 0 N–H and O–H groups in total. The van der Waals surface area contributed by atoms with Crippen LogP contribution in [-0.2, 0) is 9.53 Å². The largest absolute Gasteiger partial charge is 0.469 e. The number of fused-ring (bicyclic) bond motifs is 2. The maximum absolute atomic E-state index is 13.1. The summed E-state index contributed by atoms with van der Waals surface area (Å²) in [5.41, 5.74) is 1.05. The molecule has 3 nitrogen and oxygen atoms in total. The third-order valence-electron chi connectivity index (χ3n) is 5.04. The summed E-state index contributed by atoms with van der Waals surface area (Å²) in [7, 11) is 3.55. The lowest BCUT2D eigenvalue weighted by molar-refractivity contribution is -0.150. The fourth-order valence-corrected chi connectivity index (χ4v) is 3.98. The standard InChI is InChI=1S/C16H20FNO2/c1-18-12-7-8-14(18)15(16(19)20-2)13(9-12)10-3-5-11(17)6-4-10/h3-6,12-15H,7-9H2,1-2H3/t12-,13-,14+,15-/m0/s1. The molecule has 2 fully saturated rings. The average Bonchev–Trinajstić information content (AvgIpc) is 2.70. The van der Waals surface area contributed by atoms with Gasteiger partial charge < -0.3 is 4.74 Å². The molecular formula is C16H20FNO2. The van der Waals surface area contributed by atoms with Crippen LogP contribution < -0.4 is 0 Å². The summed E-state index contributed by atoms with van der Waals surface area (Å²) >= 11 is 0. The number of nitrogens with zero attached hydrogens (tertiary/aromatic N) is 1. The number of halogens is 1. The van der Waals surface area contributed by atoms with Crippen LogP contribution in [0, 0.1) is 11.7 Å². The molecule has 4 heteroatoms. The van der Waals surface area contributed by atoms with Crippen LogP contribution in [0.4, 0.5) is 4.39 Å². The van der Waals surface area contributed by atoms with Gasteiger partial charge in [0.05, 0.1) is 13.0 Å². The van der Waals surface area contributed by atoms with E-state index in [2.05, 4.69) is 11.9 Å². The Bertz CT molecular complexity index is 502. The Kier molecular flexibility index (Phi) is 3.50. The first kappa shape index (κ1) is 13.6. The molecule has 108 valence electrons. The normalized spacial score (nSPS) is 33.1. The number of hydrogen-bond donors (Lipinski definition) is 0. The highest BCUT2D eigenvalue weighted by Crippen LogP contribution is 2.46. The minimum absolute atomic E-state index is 0.136. The minimum Gasteiger partial charge on any atom is -0.469 e. The van der Waals surface area contributed by atoms with E-state index >= 15 is 0 Å². The monoisotopic (exact) mass is 277 g/mol. The van der Waals surface area contributed by atoms with Crippen LogP contribution in [0.2, 0.25) is 0 Å². The van der Waals surface area contributed by atoms with Crippen LogP contribution in [-0.4, -0.2) is 37.1 Å². The topological polar surface area (TPSA) is 29.5 Å². The predicted molar refractivity (Wildman–Crippen MR) is 73.8 cm³/mol. The summed E-state index contributed by atoms with van der Waals surface area (Å²) in [5.74, 6) is -0.387. The zero-order valence-corrected chi connectivity index (χ0v) is 11.9. The lowest BCUT2D eigenvalue weighted by Crippen LogP contribution is -2.49. The third-order valence-corrected chi connectivity index (χ3v) is 5.04. The molecule has 2 aliphatic rings. The quantitative estimate of drug-likeness (QED) is 0.778. The number of hydrogen-bond acceptors (Lipinski definition) is 3. The molecule has 1 aromatic rings. The number of rotatable bonds is 2. The van der Waals surface area contributed by atoms with Crippen molar-refractivity contribution in [3.05, 3.63) is 35.6 Å². The summed E-state index contributed by atoms with van der Waals surface area (Å²) in [4.78, 5) is 14.5. The van der Waals surface area contributed by atoms with Crippen molar-refractivity contribution in [3.63, 3.8) is 0 Å². The average molecular weight is 277 g/mol. The van der Waals surface area contributed by atoms with Crippen molar-refractivity contribution in [2.24, 2.45) is 5.92 Å². The predicted octanol–water partition coefficient (Wildman–Crippen LogP) is 2.57. The van der Waals surface area contributed by atoms with Crippen molar-refractivity contribution in [1.82, 2.24) is 4.90 Å². The van der Waals surface area contributed by atoms with Crippen LogP contribution >= 0.6 is 0 Å². The van der Waals surface area contributed by atoms with E-state index in [1.165, 1.54) is 19.2 Å². The highest BCUT2D eigenvalue weighted by Gasteiger charge is 2.49. The number of ether oxygens (including phenoxy) is 1. The Hall–Kier alpha value is -1.42. The van der Waals surface area contributed by atoms with Gasteiger partial charge in [-0.05, 0) is 44.0 Å². The summed E-state index contributed by atoms with van der Waals surface area (Å²) < 4.78 is 18.1. The molecule has 20 heavy (non-hydrogen) atoms. The lowest BCUT2D eigenvalue weighted by Gasteiger charge is -2.41. The zero-order valence-electron chi connectivity index (χ0n) is 11.9. The second kappa shape index (κ2) is 5.17. The maximum Gasteiger partial charge on any atom is 0.310 e. The summed E-state index contributed by atoms with van der Waals surface area (Å²) in [5, 5.41) is 0. The van der Waals surface area contributed by atoms with Crippen molar-refractivity contribution in [1.29, 1.82) is 0 Å². The van der Waals surface area contributed by atoms with Gasteiger partial charge >= 0.3 is 5.97 Å². The van der Waals surface area contributed by atoms with Gasteiger partial charge in [-0.25, -0.2) is 4.39 Å². The van der Waals surface area contributed by atoms with Gasteiger partial charge in [-0.3, -0.25) is 9.69 Å². The zero-order chi connectivity index (χ0) is 14.3.